The average molecular weight is 852 g/mol. The van der Waals surface area contributed by atoms with Crippen LogP contribution < -0.4 is 10.6 Å². The molecule has 1 aromatic rings. The molecule has 0 saturated carbocycles. The zero-order valence-corrected chi connectivity index (χ0v) is 35.3. The molecule has 0 aliphatic carbocycles. The number of carbonyl (C=O) groups is 2. The van der Waals surface area contributed by atoms with Gasteiger partial charge in [0.25, 0.3) is 22.3 Å². The second-order valence-electron chi connectivity index (χ2n) is 13.9. The SMILES string of the molecule is COCCOCCOC(=S)NCCC1C(=O)O[C-]2CN(C)C[C-]3CN(Cc4cccc(n4)CN1C2)C(CCNC(=S)OCCOCC(C)(C)OC)C(=O)O3.[Mn+2]. The van der Waals surface area contributed by atoms with Crippen molar-refractivity contribution < 1.29 is 64.6 Å². The largest absolute Gasteiger partial charge is 2.00 e. The van der Waals surface area contributed by atoms with Gasteiger partial charge in [0.2, 0.25) is 0 Å². The van der Waals surface area contributed by atoms with Crippen molar-refractivity contribution in [3.8, 4) is 0 Å². The first-order valence-electron chi connectivity index (χ1n) is 18.2. The Labute approximate surface area is 346 Å². The number of aromatic nitrogens is 1. The Morgan fingerprint density at radius 1 is 0.818 bits per heavy atom. The number of rotatable bonds is 18. The topological polar surface area (TPSA) is 155 Å². The number of nitrogens with one attached hydrogen (secondary N) is 2. The molecule has 4 heterocycles. The predicted octanol–water partition coefficient (Wildman–Crippen LogP) is 1.21. The molecule has 2 saturated heterocycles. The second kappa shape index (κ2) is 24.5. The summed E-state index contributed by atoms with van der Waals surface area (Å²) in [5, 5.41) is 6.65. The molecule has 309 valence electrons. The first kappa shape index (κ1) is 47.1. The van der Waals surface area contributed by atoms with E-state index >= 15 is 0 Å². The minimum atomic E-state index is -0.527. The van der Waals surface area contributed by atoms with Crippen LogP contribution in [0.1, 0.15) is 38.1 Å². The molecule has 16 nitrogen and oxygen atoms in total. The molecule has 19 heteroatoms. The molecule has 0 aromatic carbocycles. The summed E-state index contributed by atoms with van der Waals surface area (Å²) in [6.45, 7) is 9.98. The zero-order valence-electron chi connectivity index (χ0n) is 32.5. The second-order valence-corrected chi connectivity index (χ2v) is 14.6. The van der Waals surface area contributed by atoms with Crippen molar-refractivity contribution in [2.75, 3.05) is 107 Å². The number of methoxy groups -OCH3 is 2. The van der Waals surface area contributed by atoms with Crippen molar-refractivity contribution in [3.05, 3.63) is 41.8 Å². The number of esters is 2. The van der Waals surface area contributed by atoms with Gasteiger partial charge in [-0.15, -0.1) is 12.2 Å². The van der Waals surface area contributed by atoms with E-state index in [1.165, 1.54) is 0 Å². The van der Waals surface area contributed by atoms with E-state index in [0.717, 1.165) is 11.4 Å². The van der Waals surface area contributed by atoms with Crippen molar-refractivity contribution in [2.45, 2.75) is 57.5 Å². The third kappa shape index (κ3) is 16.6. The van der Waals surface area contributed by atoms with Gasteiger partial charge in [-0.05, 0) is 70.3 Å². The number of nitrogens with zero attached hydrogens (tertiary/aromatic N) is 4. The summed E-state index contributed by atoms with van der Waals surface area (Å²) in [7, 11) is 5.17. The number of thiocarbonyl (C=S) groups is 2. The molecule has 4 unspecified atom stereocenters. The van der Waals surface area contributed by atoms with Crippen LogP contribution in [0, 0.1) is 12.2 Å². The van der Waals surface area contributed by atoms with Crippen molar-refractivity contribution in [1.29, 1.82) is 0 Å². The quantitative estimate of drug-likeness (QED) is 0.0715. The number of morpholine rings is 2. The molecule has 1 aromatic heterocycles. The molecular weight excluding hydrogens is 796 g/mol. The molecular formula is C36H56MnN6O10S2. The van der Waals surface area contributed by atoms with Gasteiger partial charge in [-0.2, -0.15) is 0 Å². The fraction of sp³-hybridized carbons (Fsp3) is 0.694. The minimum absolute atomic E-state index is 0. The molecule has 2 N–H and O–H groups in total. The monoisotopic (exact) mass is 851 g/mol. The van der Waals surface area contributed by atoms with Gasteiger partial charge in [-0.25, -0.2) is 0 Å². The molecule has 4 rings (SSSR count). The fourth-order valence-electron chi connectivity index (χ4n) is 6.07. The van der Waals surface area contributed by atoms with Crippen molar-refractivity contribution >= 4 is 46.7 Å². The molecule has 4 atom stereocenters. The number of carbonyl (C=O) groups excluding carboxylic acids is 2. The Balaban J connectivity index is 0.00000812. The van der Waals surface area contributed by atoms with Crippen molar-refractivity contribution in [2.24, 2.45) is 0 Å². The number of likely N-dealkylation sites (N-methyl/N-ethyl adjacent to an activating group) is 1. The summed E-state index contributed by atoms with van der Waals surface area (Å²) in [6, 6.07) is 4.80. The molecule has 0 spiro atoms. The maximum absolute atomic E-state index is 13.4. The summed E-state index contributed by atoms with van der Waals surface area (Å²) in [5.41, 5.74) is 1.23. The van der Waals surface area contributed by atoms with Crippen LogP contribution in [0.25, 0.3) is 0 Å². The smallest absolute Gasteiger partial charge is 0.630 e. The average Bonchev–Trinajstić information content (AvgIpc) is 3.11. The van der Waals surface area contributed by atoms with Crippen LogP contribution in [0.2, 0.25) is 0 Å². The van der Waals surface area contributed by atoms with Crippen LogP contribution in [0.15, 0.2) is 18.2 Å². The van der Waals surface area contributed by atoms with E-state index in [1.54, 1.807) is 14.2 Å². The van der Waals surface area contributed by atoms with Crippen LogP contribution in [-0.4, -0.2) is 166 Å². The Kier molecular flexibility index (Phi) is 21.0. The molecule has 55 heavy (non-hydrogen) atoms. The van der Waals surface area contributed by atoms with Gasteiger partial charge in [0.05, 0.1) is 50.0 Å². The molecule has 0 amide bonds. The number of hydrogen-bond acceptors (Lipinski definition) is 16. The third-order valence-corrected chi connectivity index (χ3v) is 9.42. The van der Waals surface area contributed by atoms with Crippen LogP contribution in [0.4, 0.5) is 0 Å². The summed E-state index contributed by atoms with van der Waals surface area (Å²) in [4.78, 5) is 38.0. The van der Waals surface area contributed by atoms with Gasteiger partial charge in [0.1, 0.15) is 25.3 Å². The standard InChI is InChI=1S/C36H56N6O10S2.Mn/c1-36(2,46-5)25-48-16-18-50-35(54)38-12-10-31-33(44)52-29-22-40(3)21-28-23-41(19-26-7-6-8-27(39-26)20-42(31)24-29)30(32(43)51-28)9-11-37-34(53)49-17-15-47-14-13-45-4;/h6-8,30-31H,9-25H2,1-5H3,(H,37,53)(H,38,54);/q-2;+2. The molecule has 1 radical (unpaired) electrons. The van der Waals surface area contributed by atoms with E-state index in [2.05, 4.69) is 20.4 Å². The summed E-state index contributed by atoms with van der Waals surface area (Å²) in [5.74, 6) is -0.674. The molecule has 2 fully saturated rings. The fourth-order valence-corrected chi connectivity index (χ4v) is 6.44. The Bertz CT molecular complexity index is 1370. The van der Waals surface area contributed by atoms with Crippen LogP contribution in [-0.2, 0) is 77.6 Å². The normalized spacial score (nSPS) is 22.3. The van der Waals surface area contributed by atoms with Gasteiger partial charge in [-0.1, -0.05) is 32.2 Å². The molecule has 3 aliphatic heterocycles. The van der Waals surface area contributed by atoms with Gasteiger partial charge in [0, 0.05) is 40.4 Å². The molecule has 6 bridgehead atoms. The van der Waals surface area contributed by atoms with E-state index in [0.29, 0.717) is 124 Å². The van der Waals surface area contributed by atoms with Crippen molar-refractivity contribution in [1.82, 2.24) is 30.3 Å². The van der Waals surface area contributed by atoms with Crippen LogP contribution in [0.3, 0.4) is 0 Å². The number of ether oxygens (including phenoxy) is 8. The van der Waals surface area contributed by atoms with E-state index in [-0.39, 0.29) is 45.0 Å². The Morgan fingerprint density at radius 2 is 1.31 bits per heavy atom. The maximum atomic E-state index is 13.4. The Morgan fingerprint density at radius 3 is 1.80 bits per heavy atom. The van der Waals surface area contributed by atoms with E-state index in [1.807, 2.05) is 44.0 Å². The van der Waals surface area contributed by atoms with E-state index in [4.69, 9.17) is 67.3 Å². The maximum Gasteiger partial charge on any atom is 2.00 e. The summed E-state index contributed by atoms with van der Waals surface area (Å²) < 4.78 is 44.2. The number of hydrogen-bond donors (Lipinski definition) is 2. The van der Waals surface area contributed by atoms with E-state index in [9.17, 15) is 9.59 Å². The first-order valence-corrected chi connectivity index (χ1v) is 19.0. The number of pyridine rings is 1. The predicted molar refractivity (Wildman–Crippen MR) is 206 cm³/mol. The summed E-state index contributed by atoms with van der Waals surface area (Å²) >= 11 is 10.7. The van der Waals surface area contributed by atoms with Crippen LogP contribution in [0.5, 0.6) is 0 Å². The van der Waals surface area contributed by atoms with Gasteiger partial charge < -0.3 is 63.2 Å². The van der Waals surface area contributed by atoms with Crippen molar-refractivity contribution in [3.63, 3.8) is 0 Å². The Hall–Kier alpha value is -2.29. The number of fused-ring (bicyclic) bond motifs is 6. The molecule has 3 aliphatic rings. The van der Waals surface area contributed by atoms with Gasteiger partial charge >= 0.3 is 17.1 Å². The van der Waals surface area contributed by atoms with Gasteiger partial charge in [-0.3, -0.25) is 14.6 Å². The van der Waals surface area contributed by atoms with Gasteiger partial charge in [0.15, 0.2) is 0 Å². The van der Waals surface area contributed by atoms with Crippen LogP contribution >= 0.6 is 24.4 Å². The zero-order chi connectivity index (χ0) is 38.9. The first-order chi connectivity index (χ1) is 26.0. The minimum Gasteiger partial charge on any atom is -0.630 e. The van der Waals surface area contributed by atoms with E-state index < -0.39 is 12.1 Å². The third-order valence-electron chi connectivity index (χ3n) is 8.89. The summed E-state index contributed by atoms with van der Waals surface area (Å²) in [6.07, 6.45) is 2.11.